The largest absolute Gasteiger partial charge is 0.390 e. The minimum Gasteiger partial charge on any atom is -0.390 e. The third-order valence-electron chi connectivity index (χ3n) is 5.68. The van der Waals surface area contributed by atoms with Gasteiger partial charge in [-0.1, -0.05) is 36.4 Å². The van der Waals surface area contributed by atoms with Gasteiger partial charge in [0.25, 0.3) is 0 Å². The van der Waals surface area contributed by atoms with Gasteiger partial charge in [-0.3, -0.25) is 9.80 Å². The highest BCUT2D eigenvalue weighted by Crippen LogP contribution is 2.28. The second-order valence-electron chi connectivity index (χ2n) is 7.73. The Kier molecular flexibility index (Phi) is 4.98. The fourth-order valence-corrected chi connectivity index (χ4v) is 4.23. The third-order valence-corrected chi connectivity index (χ3v) is 5.68. The molecule has 4 rings (SSSR count). The first kappa shape index (κ1) is 17.5. The number of aliphatic hydroxyl groups excluding tert-OH is 1. The lowest BCUT2D eigenvalue weighted by Crippen LogP contribution is -2.50. The van der Waals surface area contributed by atoms with Crippen LogP contribution in [0.1, 0.15) is 13.8 Å². The molecule has 0 aliphatic carbocycles. The summed E-state index contributed by atoms with van der Waals surface area (Å²) in [7, 11) is 0. The van der Waals surface area contributed by atoms with E-state index in [0.717, 1.165) is 32.7 Å². The number of β-amino-alcohol motifs (C(OH)–C–C–N with tert-alkyl or cyclic N) is 1. The topological polar surface area (TPSA) is 31.6 Å². The summed E-state index contributed by atoms with van der Waals surface area (Å²) in [6.07, 6.45) is -0.361. The molecule has 2 heterocycles. The Bertz CT molecular complexity index is 824. The van der Waals surface area contributed by atoms with Crippen LogP contribution in [0, 0.1) is 0 Å². The van der Waals surface area contributed by atoms with Crippen molar-refractivity contribution in [1.29, 1.82) is 0 Å². The Hall–Kier alpha value is -1.88. The van der Waals surface area contributed by atoms with Crippen LogP contribution in [0.2, 0.25) is 0 Å². The summed E-state index contributed by atoms with van der Waals surface area (Å²) in [5.41, 5.74) is 2.41. The van der Waals surface area contributed by atoms with E-state index in [9.17, 15) is 5.11 Å². The van der Waals surface area contributed by atoms with Crippen LogP contribution in [-0.2, 0) is 6.54 Å². The van der Waals surface area contributed by atoms with Crippen LogP contribution in [0.15, 0.2) is 48.5 Å². The number of aliphatic hydroxyl groups is 1. The average Bonchev–Trinajstić information content (AvgIpc) is 2.96. The molecule has 1 aromatic heterocycles. The Morgan fingerprint density at radius 1 is 0.808 bits per heavy atom. The Morgan fingerprint density at radius 2 is 1.35 bits per heavy atom. The first-order valence-corrected chi connectivity index (χ1v) is 9.74. The number of rotatable bonds is 5. The van der Waals surface area contributed by atoms with Crippen LogP contribution >= 0.6 is 0 Å². The highest BCUT2D eigenvalue weighted by molar-refractivity contribution is 6.07. The Balaban J connectivity index is 1.50. The lowest BCUT2D eigenvalue weighted by atomic mass is 10.2. The summed E-state index contributed by atoms with van der Waals surface area (Å²) in [5, 5.41) is 13.3. The highest BCUT2D eigenvalue weighted by Gasteiger charge is 2.21. The molecule has 1 aliphatic rings. The van der Waals surface area contributed by atoms with Gasteiger partial charge in [-0.15, -0.1) is 0 Å². The zero-order chi connectivity index (χ0) is 18.1. The van der Waals surface area contributed by atoms with Crippen LogP contribution < -0.4 is 0 Å². The molecular formula is C22H29N3O. The van der Waals surface area contributed by atoms with Crippen molar-refractivity contribution in [2.24, 2.45) is 0 Å². The molecule has 1 N–H and O–H groups in total. The Labute approximate surface area is 155 Å². The lowest BCUT2D eigenvalue weighted by molar-refractivity contribution is 0.0564. The van der Waals surface area contributed by atoms with Crippen molar-refractivity contribution in [3.8, 4) is 0 Å². The molecule has 26 heavy (non-hydrogen) atoms. The van der Waals surface area contributed by atoms with Crippen LogP contribution in [-0.4, -0.2) is 64.3 Å². The smallest absolute Gasteiger partial charge is 0.0845 e. The normalized spacial score (nSPS) is 18.2. The maximum atomic E-state index is 10.8. The summed E-state index contributed by atoms with van der Waals surface area (Å²) in [6, 6.07) is 17.6. The quantitative estimate of drug-likeness (QED) is 0.766. The number of piperazine rings is 1. The van der Waals surface area contributed by atoms with E-state index in [1.165, 1.54) is 21.8 Å². The molecule has 1 fully saturated rings. The summed E-state index contributed by atoms with van der Waals surface area (Å²) in [5.74, 6) is 0. The van der Waals surface area contributed by atoms with E-state index in [1.807, 2.05) is 0 Å². The van der Waals surface area contributed by atoms with Crippen LogP contribution in [0.3, 0.4) is 0 Å². The lowest BCUT2D eigenvalue weighted by Gasteiger charge is -2.37. The van der Waals surface area contributed by atoms with Crippen molar-refractivity contribution in [1.82, 2.24) is 14.4 Å². The molecule has 0 saturated carbocycles. The highest BCUT2D eigenvalue weighted by atomic mass is 16.3. The van der Waals surface area contributed by atoms with Gasteiger partial charge in [0.2, 0.25) is 0 Å². The Morgan fingerprint density at radius 3 is 1.88 bits per heavy atom. The van der Waals surface area contributed by atoms with Crippen LogP contribution in [0.25, 0.3) is 21.8 Å². The number of benzene rings is 2. The molecule has 1 aliphatic heterocycles. The second kappa shape index (κ2) is 7.39. The maximum absolute atomic E-state index is 10.8. The van der Waals surface area contributed by atoms with Gasteiger partial charge >= 0.3 is 0 Å². The molecule has 1 unspecified atom stereocenters. The van der Waals surface area contributed by atoms with Crippen molar-refractivity contribution in [2.75, 3.05) is 32.7 Å². The van der Waals surface area contributed by atoms with Crippen molar-refractivity contribution in [2.45, 2.75) is 32.5 Å². The molecule has 0 amide bonds. The van der Waals surface area contributed by atoms with Gasteiger partial charge < -0.3 is 9.67 Å². The van der Waals surface area contributed by atoms with Gasteiger partial charge in [0.05, 0.1) is 12.6 Å². The third kappa shape index (κ3) is 3.37. The van der Waals surface area contributed by atoms with Crippen molar-refractivity contribution in [3.63, 3.8) is 0 Å². The molecular weight excluding hydrogens is 322 g/mol. The van der Waals surface area contributed by atoms with Crippen molar-refractivity contribution >= 4 is 21.8 Å². The van der Waals surface area contributed by atoms with Gasteiger partial charge in [0.15, 0.2) is 0 Å². The second-order valence-corrected chi connectivity index (χ2v) is 7.73. The predicted octanol–water partition coefficient (Wildman–Crippen LogP) is 3.18. The van der Waals surface area contributed by atoms with Crippen molar-refractivity contribution in [3.05, 3.63) is 48.5 Å². The molecule has 0 bridgehead atoms. The van der Waals surface area contributed by atoms with E-state index in [0.29, 0.717) is 12.6 Å². The monoisotopic (exact) mass is 351 g/mol. The number of hydrogen-bond acceptors (Lipinski definition) is 3. The first-order valence-electron chi connectivity index (χ1n) is 9.74. The average molecular weight is 351 g/mol. The van der Waals surface area contributed by atoms with Gasteiger partial charge in [-0.2, -0.15) is 0 Å². The zero-order valence-corrected chi connectivity index (χ0v) is 15.8. The van der Waals surface area contributed by atoms with Crippen LogP contribution in [0.5, 0.6) is 0 Å². The van der Waals surface area contributed by atoms with E-state index in [4.69, 9.17) is 0 Å². The van der Waals surface area contributed by atoms with Crippen molar-refractivity contribution < 1.29 is 5.11 Å². The molecule has 2 aromatic carbocycles. The van der Waals surface area contributed by atoms with Crippen LogP contribution in [0.4, 0.5) is 0 Å². The van der Waals surface area contributed by atoms with Gasteiger partial charge in [0, 0.05) is 60.6 Å². The number of nitrogens with zero attached hydrogens (tertiary/aromatic N) is 3. The summed E-state index contributed by atoms with van der Waals surface area (Å²) in [4.78, 5) is 4.91. The number of hydrogen-bond donors (Lipinski definition) is 1. The minimum atomic E-state index is -0.361. The standard InChI is InChI=1S/C22H29N3O/c1-17(2)24-13-11-23(12-14-24)15-18(26)16-25-21-9-5-3-7-19(21)20-8-4-6-10-22(20)25/h3-10,17-18,26H,11-16H2,1-2H3. The molecule has 0 spiro atoms. The summed E-state index contributed by atoms with van der Waals surface area (Å²) < 4.78 is 2.28. The molecule has 4 nitrogen and oxygen atoms in total. The SMILES string of the molecule is CC(C)N1CCN(CC(O)Cn2c3ccccc3c3ccccc32)CC1. The van der Waals surface area contributed by atoms with E-state index in [-0.39, 0.29) is 6.10 Å². The zero-order valence-electron chi connectivity index (χ0n) is 15.8. The van der Waals surface area contributed by atoms with Gasteiger partial charge in [-0.05, 0) is 26.0 Å². The minimum absolute atomic E-state index is 0.361. The van der Waals surface area contributed by atoms with Gasteiger partial charge in [-0.25, -0.2) is 0 Å². The maximum Gasteiger partial charge on any atom is 0.0845 e. The molecule has 4 heteroatoms. The predicted molar refractivity (Wildman–Crippen MR) is 109 cm³/mol. The first-order chi connectivity index (χ1) is 12.6. The molecule has 138 valence electrons. The number of aromatic nitrogens is 1. The summed E-state index contributed by atoms with van der Waals surface area (Å²) in [6.45, 7) is 10.2. The van der Waals surface area contributed by atoms with E-state index in [1.54, 1.807) is 0 Å². The molecule has 1 atom stereocenters. The van der Waals surface area contributed by atoms with Gasteiger partial charge in [0.1, 0.15) is 0 Å². The number of fused-ring (bicyclic) bond motifs is 3. The molecule has 0 radical (unpaired) electrons. The summed E-state index contributed by atoms with van der Waals surface area (Å²) >= 11 is 0. The van der Waals surface area contributed by atoms with E-state index >= 15 is 0 Å². The molecule has 1 saturated heterocycles. The fourth-order valence-electron chi connectivity index (χ4n) is 4.23. The number of para-hydroxylation sites is 2. The molecule has 3 aromatic rings. The fraction of sp³-hybridized carbons (Fsp3) is 0.455. The van der Waals surface area contributed by atoms with E-state index in [2.05, 4.69) is 76.7 Å². The van der Waals surface area contributed by atoms with E-state index < -0.39 is 0 Å².